The Morgan fingerprint density at radius 1 is 2.00 bits per heavy atom. The van der Waals surface area contributed by atoms with Crippen molar-refractivity contribution in [3.8, 4) is 12.5 Å². The van der Waals surface area contributed by atoms with Crippen molar-refractivity contribution in [2.75, 3.05) is 0 Å². The lowest BCUT2D eigenvalue weighted by Gasteiger charge is -1.86. The maximum absolute atomic E-state index is 11.2. The predicted molar refractivity (Wildman–Crippen MR) is 20.6 cm³/mol. The van der Waals surface area contributed by atoms with Crippen LogP contribution in [0.1, 0.15) is 0 Å². The highest BCUT2D eigenvalue weighted by Gasteiger charge is 1.77. The van der Waals surface area contributed by atoms with Crippen molar-refractivity contribution < 1.29 is 4.48 Å². The average molecular weight is 86.1 g/mol. The summed E-state index contributed by atoms with van der Waals surface area (Å²) in [4.78, 5) is 0. The summed E-state index contributed by atoms with van der Waals surface area (Å²) in [6.07, 6.45) is 4.84. The summed E-state index contributed by atoms with van der Waals surface area (Å²) in [7, 11) is 0. The van der Waals surface area contributed by atoms with E-state index in [-0.39, 0.29) is 5.12 Å². The smallest absolute Gasteiger partial charge is 0.128 e. The third-order valence-electron chi connectivity index (χ3n) is 0.237. The number of hydrogen-bond donors (Lipinski definition) is 1. The Morgan fingerprint density at radius 3 is 2.50 bits per heavy atom. The van der Waals surface area contributed by atoms with Gasteiger partial charge in [-0.2, -0.15) is 0 Å². The first-order chi connectivity index (χ1) is 2.81. The van der Waals surface area contributed by atoms with Crippen molar-refractivity contribution in [2.24, 2.45) is 0 Å². The molecule has 0 amide bonds. The molecule has 0 unspecified atom stereocenters. The normalized spacial score (nSPS) is 6.00. The van der Waals surface area contributed by atoms with Crippen molar-refractivity contribution >= 4 is 6.34 Å². The number of nitrogens with one attached hydrogen (secondary N) is 1. The van der Waals surface area contributed by atoms with Crippen molar-refractivity contribution in [1.82, 2.24) is 5.12 Å². The second-order valence-corrected chi connectivity index (χ2v) is 0.569. The van der Waals surface area contributed by atoms with Gasteiger partial charge in [0.05, 0.1) is 0 Å². The maximum Gasteiger partial charge on any atom is 0.128 e. The maximum atomic E-state index is 11.2. The molecule has 1 N–H and O–H groups in total. The molecule has 0 radical (unpaired) electrons. The molecular formula is C3H3FN2. The van der Waals surface area contributed by atoms with Gasteiger partial charge in [0.15, 0.2) is 0 Å². The van der Waals surface area contributed by atoms with Crippen molar-refractivity contribution in [3.63, 3.8) is 0 Å². The van der Waals surface area contributed by atoms with Crippen LogP contribution in [0.15, 0.2) is 0 Å². The summed E-state index contributed by atoms with van der Waals surface area (Å²) in [6.45, 7) is 0. The number of terminal acetylenes is 1. The van der Waals surface area contributed by atoms with Crippen LogP contribution in [0.2, 0.25) is 0 Å². The molecule has 32 valence electrons. The van der Waals surface area contributed by atoms with E-state index in [2.05, 4.69) is 6.42 Å². The Balaban J connectivity index is 3.30. The van der Waals surface area contributed by atoms with Crippen LogP contribution in [0, 0.1) is 17.9 Å². The van der Waals surface area contributed by atoms with E-state index in [1.165, 1.54) is 6.04 Å². The predicted octanol–water partition coefficient (Wildman–Crippen LogP) is 0.371. The third kappa shape index (κ3) is 1.30. The molecule has 0 aliphatic heterocycles. The van der Waals surface area contributed by atoms with E-state index in [9.17, 15) is 4.48 Å². The summed E-state index contributed by atoms with van der Waals surface area (Å²) in [5.41, 5.74) is 0. The lowest BCUT2D eigenvalue weighted by Crippen LogP contribution is -1.98. The molecule has 6 heavy (non-hydrogen) atoms. The fraction of sp³-hybridized carbons (Fsp3) is 0. The molecule has 2 nitrogen and oxygen atoms in total. The third-order valence-corrected chi connectivity index (χ3v) is 0.237. The number of rotatable bonds is 1. The Labute approximate surface area is 35.0 Å². The fourth-order valence-electron chi connectivity index (χ4n) is 0.0373. The highest BCUT2D eigenvalue weighted by Crippen LogP contribution is 1.71. The highest BCUT2D eigenvalue weighted by atomic mass is 19.2. The van der Waals surface area contributed by atoms with Crippen LogP contribution >= 0.6 is 0 Å². The zero-order chi connectivity index (χ0) is 4.99. The van der Waals surface area contributed by atoms with Gasteiger partial charge in [-0.25, -0.2) is 0 Å². The minimum absolute atomic E-state index is 0.181. The first-order valence-electron chi connectivity index (χ1n) is 1.23. The molecule has 0 bridgehead atoms. The van der Waals surface area contributed by atoms with Crippen LogP contribution in [0.25, 0.3) is 0 Å². The van der Waals surface area contributed by atoms with E-state index < -0.39 is 0 Å². The second kappa shape index (κ2) is 2.21. The monoisotopic (exact) mass is 86.0 g/mol. The minimum atomic E-state index is -0.181. The van der Waals surface area contributed by atoms with E-state index in [1.54, 1.807) is 0 Å². The Hall–Kier alpha value is -1.04. The molecule has 0 atom stereocenters. The first kappa shape index (κ1) is 4.96. The second-order valence-electron chi connectivity index (χ2n) is 0.569. The fourth-order valence-corrected chi connectivity index (χ4v) is 0.0373. The van der Waals surface area contributed by atoms with Gasteiger partial charge < -0.3 is 0 Å². The van der Waals surface area contributed by atoms with E-state index in [1.807, 2.05) is 0 Å². The quantitative estimate of drug-likeness (QED) is 0.161. The van der Waals surface area contributed by atoms with Gasteiger partial charge in [0.25, 0.3) is 0 Å². The van der Waals surface area contributed by atoms with Gasteiger partial charge in [-0.1, -0.05) is 10.9 Å². The van der Waals surface area contributed by atoms with Crippen LogP contribution in [-0.2, 0) is 0 Å². The molecule has 0 aliphatic rings. The van der Waals surface area contributed by atoms with Crippen LogP contribution in [-0.4, -0.2) is 11.5 Å². The summed E-state index contributed by atoms with van der Waals surface area (Å²) in [5, 5.41) is 5.91. The molecule has 0 fully saturated rings. The van der Waals surface area contributed by atoms with Crippen molar-refractivity contribution in [3.05, 3.63) is 0 Å². The molecule has 0 aromatic rings. The van der Waals surface area contributed by atoms with Gasteiger partial charge in [-0.3, -0.25) is 5.41 Å². The van der Waals surface area contributed by atoms with Gasteiger partial charge in [0.2, 0.25) is 0 Å². The topological polar surface area (TPSA) is 27.1 Å². The van der Waals surface area contributed by atoms with E-state index in [0.717, 1.165) is 0 Å². The first-order valence-corrected chi connectivity index (χ1v) is 1.23. The molecule has 0 aromatic carbocycles. The average Bonchev–Trinajstić information content (AvgIpc) is 1.65. The van der Waals surface area contributed by atoms with Crippen LogP contribution < -0.4 is 0 Å². The molecule has 0 spiro atoms. The summed E-state index contributed by atoms with van der Waals surface area (Å²) in [5.74, 6) is 0. The summed E-state index contributed by atoms with van der Waals surface area (Å²) < 4.78 is 11.2. The lowest BCUT2D eigenvalue weighted by molar-refractivity contribution is 0.216. The Morgan fingerprint density at radius 2 is 2.50 bits per heavy atom. The molecule has 0 saturated heterocycles. The zero-order valence-corrected chi connectivity index (χ0v) is 2.98. The SMILES string of the molecule is C#CN(F)C=N. The molecule has 3 heteroatoms. The Bertz CT molecular complexity index is 83.3. The van der Waals surface area contributed by atoms with E-state index in [4.69, 9.17) is 5.41 Å². The van der Waals surface area contributed by atoms with E-state index >= 15 is 0 Å². The standard InChI is InChI=1S/C3H3FN2/c1-2-6(4)3-5/h1,3,5H. The number of nitrogens with zero attached hydrogens (tertiary/aromatic N) is 1. The molecule has 0 aliphatic carbocycles. The highest BCUT2D eigenvalue weighted by molar-refractivity contribution is 5.51. The van der Waals surface area contributed by atoms with Gasteiger partial charge in [-0.05, 0) is 0 Å². The number of halogens is 1. The van der Waals surface area contributed by atoms with Crippen LogP contribution in [0.5, 0.6) is 0 Å². The summed E-state index contributed by atoms with van der Waals surface area (Å²) in [6, 6.07) is 1.54. The molecule has 0 heterocycles. The lowest BCUT2D eigenvalue weighted by atomic mass is 11.0. The molecular weight excluding hydrogens is 83.0 g/mol. The van der Waals surface area contributed by atoms with E-state index in [0.29, 0.717) is 6.34 Å². The largest absolute Gasteiger partial charge is 0.288 e. The molecule has 0 aromatic heterocycles. The number of hydrogen-bond acceptors (Lipinski definition) is 1. The zero-order valence-electron chi connectivity index (χ0n) is 2.98. The van der Waals surface area contributed by atoms with Crippen molar-refractivity contribution in [1.29, 1.82) is 5.41 Å². The van der Waals surface area contributed by atoms with Gasteiger partial charge in [0, 0.05) is 6.04 Å². The molecule has 0 rings (SSSR count). The van der Waals surface area contributed by atoms with Crippen LogP contribution in [0.3, 0.4) is 0 Å². The van der Waals surface area contributed by atoms with Gasteiger partial charge >= 0.3 is 0 Å². The van der Waals surface area contributed by atoms with Crippen molar-refractivity contribution in [2.45, 2.75) is 0 Å². The molecule has 0 saturated carbocycles. The van der Waals surface area contributed by atoms with Crippen LogP contribution in [0.4, 0.5) is 4.48 Å². The summed E-state index contributed by atoms with van der Waals surface area (Å²) >= 11 is 0. The van der Waals surface area contributed by atoms with Gasteiger partial charge in [0.1, 0.15) is 6.34 Å². The Kier molecular flexibility index (Phi) is 1.83. The van der Waals surface area contributed by atoms with Gasteiger partial charge in [-0.15, -0.1) is 5.12 Å². The minimum Gasteiger partial charge on any atom is -0.288 e.